The van der Waals surface area contributed by atoms with Crippen molar-refractivity contribution >= 4 is 58.7 Å². The van der Waals surface area contributed by atoms with E-state index >= 15 is 0 Å². The molecule has 0 aliphatic carbocycles. The van der Waals surface area contributed by atoms with Crippen molar-refractivity contribution in [2.24, 2.45) is 0 Å². The van der Waals surface area contributed by atoms with Crippen molar-refractivity contribution in [1.29, 1.82) is 0 Å². The average molecular weight is 399 g/mol. The maximum absolute atomic E-state index is 11.5. The number of rotatable bonds is 0. The van der Waals surface area contributed by atoms with E-state index in [4.69, 9.17) is 0 Å². The van der Waals surface area contributed by atoms with Crippen LogP contribution in [0.3, 0.4) is 0 Å². The highest BCUT2D eigenvalue weighted by Crippen LogP contribution is 2.34. The summed E-state index contributed by atoms with van der Waals surface area (Å²) < 4.78 is 2.08. The van der Waals surface area contributed by atoms with Crippen LogP contribution in [0.5, 0.6) is 0 Å². The minimum Gasteiger partial charge on any atom is -0.307 e. The van der Waals surface area contributed by atoms with E-state index in [0.29, 0.717) is 15.4 Å². The van der Waals surface area contributed by atoms with Gasteiger partial charge in [-0.05, 0) is 53.9 Å². The molecule has 1 aromatic heterocycles. The van der Waals surface area contributed by atoms with E-state index in [9.17, 15) is 9.59 Å². The molecular formula is C8H3Br3N2O2. The summed E-state index contributed by atoms with van der Waals surface area (Å²) in [5.41, 5.74) is -0.465. The van der Waals surface area contributed by atoms with Crippen LogP contribution in [0.1, 0.15) is 0 Å². The summed E-state index contributed by atoms with van der Waals surface area (Å²) in [4.78, 5) is 27.3. The van der Waals surface area contributed by atoms with Crippen LogP contribution < -0.4 is 11.2 Å². The third-order valence-electron chi connectivity index (χ3n) is 1.86. The summed E-state index contributed by atoms with van der Waals surface area (Å²) in [7, 11) is 0. The number of nitrogens with one attached hydrogen (secondary N) is 2. The van der Waals surface area contributed by atoms with Crippen molar-refractivity contribution in [2.45, 2.75) is 0 Å². The third kappa shape index (κ3) is 1.83. The van der Waals surface area contributed by atoms with E-state index < -0.39 is 11.2 Å². The zero-order chi connectivity index (χ0) is 11.2. The molecule has 0 aliphatic heterocycles. The second kappa shape index (κ2) is 3.88. The molecule has 78 valence electrons. The number of fused-ring (bicyclic) bond motifs is 1. The first-order chi connectivity index (χ1) is 7.00. The van der Waals surface area contributed by atoms with Gasteiger partial charge in [0.1, 0.15) is 0 Å². The lowest BCUT2D eigenvalue weighted by Gasteiger charge is -2.03. The Morgan fingerprint density at radius 2 is 1.67 bits per heavy atom. The first kappa shape index (κ1) is 11.1. The quantitative estimate of drug-likeness (QED) is 0.670. The molecule has 4 nitrogen and oxygen atoms in total. The summed E-state index contributed by atoms with van der Waals surface area (Å²) in [6.07, 6.45) is 0. The zero-order valence-electron chi connectivity index (χ0n) is 7.03. The summed E-state index contributed by atoms with van der Waals surface area (Å²) in [5, 5.41) is 0.407. The van der Waals surface area contributed by atoms with Crippen molar-refractivity contribution < 1.29 is 0 Å². The number of H-pyrrole nitrogens is 2. The van der Waals surface area contributed by atoms with E-state index in [1.165, 1.54) is 0 Å². The number of halogens is 3. The Balaban J connectivity index is 3.13. The Morgan fingerprint density at radius 1 is 1.00 bits per heavy atom. The van der Waals surface area contributed by atoms with Gasteiger partial charge < -0.3 is 4.98 Å². The van der Waals surface area contributed by atoms with Crippen LogP contribution in [0.15, 0.2) is 29.1 Å². The number of hydrogen-bond acceptors (Lipinski definition) is 2. The lowest BCUT2D eigenvalue weighted by molar-refractivity contribution is 1.08. The molecule has 0 aliphatic rings. The highest BCUT2D eigenvalue weighted by Gasteiger charge is 2.11. The van der Waals surface area contributed by atoms with Crippen LogP contribution in [-0.2, 0) is 0 Å². The fourth-order valence-corrected chi connectivity index (χ4v) is 2.85. The molecule has 15 heavy (non-hydrogen) atoms. The lowest BCUT2D eigenvalue weighted by Crippen LogP contribution is -2.22. The molecule has 0 atom stereocenters. The summed E-state index contributed by atoms with van der Waals surface area (Å²) in [6.45, 7) is 0. The van der Waals surface area contributed by atoms with Crippen molar-refractivity contribution in [3.05, 3.63) is 40.3 Å². The molecule has 0 spiro atoms. The number of hydrogen-bond donors (Lipinski definition) is 2. The lowest BCUT2D eigenvalue weighted by atomic mass is 10.2. The number of aromatic amines is 2. The van der Waals surface area contributed by atoms with Crippen LogP contribution in [0, 0.1) is 0 Å². The second-order valence-corrected chi connectivity index (χ2v) is 5.26. The van der Waals surface area contributed by atoms with Gasteiger partial charge in [0, 0.05) is 13.4 Å². The van der Waals surface area contributed by atoms with Gasteiger partial charge in [-0.15, -0.1) is 0 Å². The fourth-order valence-electron chi connectivity index (χ4n) is 1.23. The van der Waals surface area contributed by atoms with Gasteiger partial charge in [-0.1, -0.05) is 0 Å². The van der Waals surface area contributed by atoms with Crippen LogP contribution in [0.2, 0.25) is 0 Å². The van der Waals surface area contributed by atoms with Gasteiger partial charge in [-0.3, -0.25) is 9.78 Å². The molecule has 0 unspecified atom stereocenters. The standard InChI is InChI=1S/C8H3Br3N2O2/c9-2-1-3-4(6(11)5(2)10)7(14)13-8(15)12-3/h1H,(H2,12,13,14,15). The first-order valence-electron chi connectivity index (χ1n) is 3.80. The van der Waals surface area contributed by atoms with Gasteiger partial charge in [0.15, 0.2) is 0 Å². The SMILES string of the molecule is O=c1[nH]c(=O)c2c(Br)c(Br)c(Br)cc2[nH]1. The van der Waals surface area contributed by atoms with Gasteiger partial charge in [0.25, 0.3) is 5.56 Å². The molecule has 0 saturated carbocycles. The van der Waals surface area contributed by atoms with Crippen molar-refractivity contribution in [3.8, 4) is 0 Å². The number of aromatic nitrogens is 2. The van der Waals surface area contributed by atoms with Crippen LogP contribution in [-0.4, -0.2) is 9.97 Å². The van der Waals surface area contributed by atoms with Gasteiger partial charge >= 0.3 is 5.69 Å². The van der Waals surface area contributed by atoms with Gasteiger partial charge in [-0.25, -0.2) is 4.79 Å². The van der Waals surface area contributed by atoms with E-state index in [1.807, 2.05) is 0 Å². The number of benzene rings is 1. The van der Waals surface area contributed by atoms with Crippen LogP contribution >= 0.6 is 47.8 Å². The molecule has 1 aromatic carbocycles. The smallest absolute Gasteiger partial charge is 0.307 e. The minimum atomic E-state index is -0.520. The van der Waals surface area contributed by atoms with Gasteiger partial charge in [0.05, 0.1) is 10.9 Å². The summed E-state index contributed by atoms with van der Waals surface area (Å²) >= 11 is 9.91. The van der Waals surface area contributed by atoms with E-state index in [-0.39, 0.29) is 0 Å². The monoisotopic (exact) mass is 396 g/mol. The minimum absolute atomic E-state index is 0.407. The molecule has 0 saturated heterocycles. The second-order valence-electron chi connectivity index (χ2n) is 2.82. The Hall–Kier alpha value is -0.400. The maximum Gasteiger partial charge on any atom is 0.326 e. The van der Waals surface area contributed by atoms with Crippen molar-refractivity contribution in [2.75, 3.05) is 0 Å². The average Bonchev–Trinajstić information content (AvgIpc) is 2.13. The van der Waals surface area contributed by atoms with E-state index in [1.54, 1.807) is 6.07 Å². The van der Waals surface area contributed by atoms with Crippen molar-refractivity contribution in [1.82, 2.24) is 9.97 Å². The normalized spacial score (nSPS) is 10.9. The summed E-state index contributed by atoms with van der Waals surface area (Å²) in [6, 6.07) is 1.67. The van der Waals surface area contributed by atoms with Gasteiger partial charge in [-0.2, -0.15) is 0 Å². The molecular weight excluding hydrogens is 396 g/mol. The predicted octanol–water partition coefficient (Wildman–Crippen LogP) is 2.50. The van der Waals surface area contributed by atoms with Crippen LogP contribution in [0.25, 0.3) is 10.9 Å². The molecule has 7 heteroatoms. The van der Waals surface area contributed by atoms with E-state index in [2.05, 4.69) is 57.8 Å². The molecule has 0 amide bonds. The molecule has 0 radical (unpaired) electrons. The topological polar surface area (TPSA) is 65.7 Å². The fraction of sp³-hybridized carbons (Fsp3) is 0. The summed E-state index contributed by atoms with van der Waals surface area (Å²) in [5.74, 6) is 0. The molecule has 1 heterocycles. The molecule has 0 bridgehead atoms. The Morgan fingerprint density at radius 3 is 2.33 bits per heavy atom. The Kier molecular flexibility index (Phi) is 2.87. The van der Waals surface area contributed by atoms with E-state index in [0.717, 1.165) is 8.95 Å². The zero-order valence-corrected chi connectivity index (χ0v) is 11.8. The Bertz CT molecular complexity index is 659. The largest absolute Gasteiger partial charge is 0.326 e. The Labute approximate surface area is 108 Å². The first-order valence-corrected chi connectivity index (χ1v) is 6.18. The molecule has 0 fully saturated rings. The highest BCUT2D eigenvalue weighted by molar-refractivity contribution is 9.14. The highest BCUT2D eigenvalue weighted by atomic mass is 79.9. The molecule has 2 aromatic rings. The maximum atomic E-state index is 11.5. The molecule has 2 N–H and O–H groups in total. The molecule has 2 rings (SSSR count). The van der Waals surface area contributed by atoms with Crippen LogP contribution in [0.4, 0.5) is 0 Å². The third-order valence-corrected chi connectivity index (χ3v) is 5.17. The predicted molar refractivity (Wildman–Crippen MR) is 68.3 cm³/mol. The van der Waals surface area contributed by atoms with Gasteiger partial charge in [0.2, 0.25) is 0 Å². The van der Waals surface area contributed by atoms with Crippen molar-refractivity contribution in [3.63, 3.8) is 0 Å².